The zero-order valence-electron chi connectivity index (χ0n) is 10.3. The standard InChI is InChI=1S/C12H15N3OS2/c1-12(16,9-5-6-18-7-9)8-13-10-3-4-11(17-2)15-14-10/h3-7,16H,8H2,1-2H3,(H,13,14). The van der Waals surface area contributed by atoms with Gasteiger partial charge < -0.3 is 10.4 Å². The molecule has 18 heavy (non-hydrogen) atoms. The topological polar surface area (TPSA) is 58.0 Å². The third kappa shape index (κ3) is 3.22. The maximum atomic E-state index is 10.3. The number of aromatic nitrogens is 2. The highest BCUT2D eigenvalue weighted by molar-refractivity contribution is 7.98. The van der Waals surface area contributed by atoms with Crippen LogP contribution in [0.1, 0.15) is 12.5 Å². The molecule has 2 N–H and O–H groups in total. The van der Waals surface area contributed by atoms with Gasteiger partial charge in [0.15, 0.2) is 0 Å². The first-order chi connectivity index (χ1) is 8.62. The van der Waals surface area contributed by atoms with Gasteiger partial charge in [-0.2, -0.15) is 11.3 Å². The number of anilines is 1. The van der Waals surface area contributed by atoms with Crippen molar-refractivity contribution in [3.05, 3.63) is 34.5 Å². The lowest BCUT2D eigenvalue weighted by Crippen LogP contribution is -2.30. The maximum absolute atomic E-state index is 10.3. The molecule has 2 rings (SSSR count). The van der Waals surface area contributed by atoms with E-state index in [0.29, 0.717) is 12.4 Å². The quantitative estimate of drug-likeness (QED) is 0.825. The molecule has 2 heterocycles. The molecule has 0 saturated heterocycles. The lowest BCUT2D eigenvalue weighted by atomic mass is 9.99. The van der Waals surface area contributed by atoms with Crippen molar-refractivity contribution in [1.29, 1.82) is 0 Å². The first-order valence-corrected chi connectivity index (χ1v) is 7.65. The van der Waals surface area contributed by atoms with Crippen LogP contribution in [0.2, 0.25) is 0 Å². The van der Waals surface area contributed by atoms with E-state index in [1.54, 1.807) is 30.0 Å². The molecule has 1 unspecified atom stereocenters. The van der Waals surface area contributed by atoms with Gasteiger partial charge in [-0.1, -0.05) is 0 Å². The van der Waals surface area contributed by atoms with E-state index in [4.69, 9.17) is 0 Å². The van der Waals surface area contributed by atoms with E-state index in [0.717, 1.165) is 10.6 Å². The number of hydrogen-bond donors (Lipinski definition) is 2. The lowest BCUT2D eigenvalue weighted by molar-refractivity contribution is 0.0719. The molecular weight excluding hydrogens is 266 g/mol. The van der Waals surface area contributed by atoms with Crippen molar-refractivity contribution in [2.45, 2.75) is 17.6 Å². The molecule has 4 nitrogen and oxygen atoms in total. The van der Waals surface area contributed by atoms with E-state index in [9.17, 15) is 5.11 Å². The summed E-state index contributed by atoms with van der Waals surface area (Å²) in [7, 11) is 0. The molecule has 0 aliphatic heterocycles. The Morgan fingerprint density at radius 1 is 1.39 bits per heavy atom. The van der Waals surface area contributed by atoms with Crippen LogP contribution in [0.4, 0.5) is 5.82 Å². The van der Waals surface area contributed by atoms with Crippen molar-refractivity contribution in [3.8, 4) is 0 Å². The highest BCUT2D eigenvalue weighted by Gasteiger charge is 2.23. The normalized spacial score (nSPS) is 14.2. The zero-order valence-corrected chi connectivity index (χ0v) is 11.9. The predicted octanol–water partition coefficient (Wildman–Crippen LogP) is 2.58. The van der Waals surface area contributed by atoms with Gasteiger partial charge in [0.05, 0.1) is 0 Å². The summed E-state index contributed by atoms with van der Waals surface area (Å²) in [5, 5.41) is 26.3. The summed E-state index contributed by atoms with van der Waals surface area (Å²) in [5.41, 5.74) is 0.00791. The summed E-state index contributed by atoms with van der Waals surface area (Å²) < 4.78 is 0. The van der Waals surface area contributed by atoms with Gasteiger partial charge in [0.2, 0.25) is 0 Å². The van der Waals surface area contributed by atoms with Crippen molar-refractivity contribution in [2.75, 3.05) is 18.1 Å². The summed E-state index contributed by atoms with van der Waals surface area (Å²) in [6.07, 6.45) is 1.96. The SMILES string of the molecule is CSc1ccc(NCC(C)(O)c2ccsc2)nn1. The minimum Gasteiger partial charge on any atom is -0.384 e. The number of thioether (sulfide) groups is 1. The fourth-order valence-electron chi connectivity index (χ4n) is 1.46. The molecule has 0 spiro atoms. The van der Waals surface area contributed by atoms with Crippen LogP contribution in [0.5, 0.6) is 0 Å². The second-order valence-electron chi connectivity index (χ2n) is 4.10. The van der Waals surface area contributed by atoms with Crippen molar-refractivity contribution < 1.29 is 5.11 Å². The van der Waals surface area contributed by atoms with Gasteiger partial charge in [-0.25, -0.2) is 0 Å². The first kappa shape index (κ1) is 13.3. The number of aliphatic hydroxyl groups is 1. The summed E-state index contributed by atoms with van der Waals surface area (Å²) in [6.45, 7) is 2.18. The molecule has 1 atom stereocenters. The van der Waals surface area contributed by atoms with Crippen LogP contribution in [0.3, 0.4) is 0 Å². The van der Waals surface area contributed by atoms with Gasteiger partial charge in [-0.05, 0) is 47.7 Å². The van der Waals surface area contributed by atoms with E-state index in [1.165, 1.54) is 0 Å². The van der Waals surface area contributed by atoms with Crippen LogP contribution < -0.4 is 5.32 Å². The Bertz CT molecular complexity index is 483. The Kier molecular flexibility index (Phi) is 4.21. The van der Waals surface area contributed by atoms with Gasteiger partial charge in [-0.3, -0.25) is 0 Å². The van der Waals surface area contributed by atoms with E-state index >= 15 is 0 Å². The third-order valence-corrected chi connectivity index (χ3v) is 3.93. The number of nitrogens with one attached hydrogen (secondary N) is 1. The fourth-order valence-corrected chi connectivity index (χ4v) is 2.57. The van der Waals surface area contributed by atoms with Gasteiger partial charge in [-0.15, -0.1) is 22.0 Å². The second kappa shape index (κ2) is 5.69. The van der Waals surface area contributed by atoms with Crippen LogP contribution in [0, 0.1) is 0 Å². The minimum atomic E-state index is -0.903. The van der Waals surface area contributed by atoms with Gasteiger partial charge >= 0.3 is 0 Å². The summed E-state index contributed by atoms with van der Waals surface area (Å²) in [5.74, 6) is 0.670. The fraction of sp³-hybridized carbons (Fsp3) is 0.333. The first-order valence-electron chi connectivity index (χ1n) is 5.48. The molecule has 0 radical (unpaired) electrons. The Labute approximate surface area is 114 Å². The van der Waals surface area contributed by atoms with E-state index in [1.807, 2.05) is 35.2 Å². The van der Waals surface area contributed by atoms with Crippen molar-refractivity contribution in [3.63, 3.8) is 0 Å². The number of nitrogens with zero attached hydrogens (tertiary/aromatic N) is 2. The summed E-state index contributed by atoms with van der Waals surface area (Å²) in [4.78, 5) is 0. The van der Waals surface area contributed by atoms with Crippen LogP contribution in [0.25, 0.3) is 0 Å². The number of thiophene rings is 1. The van der Waals surface area contributed by atoms with Crippen LogP contribution in [-0.4, -0.2) is 28.1 Å². The Hall–Kier alpha value is -1.11. The molecule has 2 aromatic heterocycles. The van der Waals surface area contributed by atoms with Crippen LogP contribution in [-0.2, 0) is 5.60 Å². The molecule has 0 aromatic carbocycles. The van der Waals surface area contributed by atoms with Crippen molar-refractivity contribution in [2.24, 2.45) is 0 Å². The average Bonchev–Trinajstić information content (AvgIpc) is 2.92. The van der Waals surface area contributed by atoms with Gasteiger partial charge in [0.1, 0.15) is 16.4 Å². The predicted molar refractivity (Wildman–Crippen MR) is 76.2 cm³/mol. The molecular formula is C12H15N3OS2. The average molecular weight is 281 g/mol. The highest BCUT2D eigenvalue weighted by Crippen LogP contribution is 2.23. The van der Waals surface area contributed by atoms with E-state index < -0.39 is 5.60 Å². The number of rotatable bonds is 5. The van der Waals surface area contributed by atoms with Crippen LogP contribution in [0.15, 0.2) is 34.0 Å². The maximum Gasteiger partial charge on any atom is 0.148 e. The van der Waals surface area contributed by atoms with Crippen molar-refractivity contribution >= 4 is 28.9 Å². The highest BCUT2D eigenvalue weighted by atomic mass is 32.2. The minimum absolute atomic E-state index is 0.400. The van der Waals surface area contributed by atoms with Crippen LogP contribution >= 0.6 is 23.1 Å². The second-order valence-corrected chi connectivity index (χ2v) is 5.71. The van der Waals surface area contributed by atoms with Gasteiger partial charge in [0, 0.05) is 6.54 Å². The molecule has 0 bridgehead atoms. The van der Waals surface area contributed by atoms with Crippen molar-refractivity contribution in [1.82, 2.24) is 10.2 Å². The van der Waals surface area contributed by atoms with E-state index in [2.05, 4.69) is 15.5 Å². The van der Waals surface area contributed by atoms with E-state index in [-0.39, 0.29) is 0 Å². The lowest BCUT2D eigenvalue weighted by Gasteiger charge is -2.22. The van der Waals surface area contributed by atoms with Gasteiger partial charge in [0.25, 0.3) is 0 Å². The molecule has 0 fully saturated rings. The smallest absolute Gasteiger partial charge is 0.148 e. The largest absolute Gasteiger partial charge is 0.384 e. The third-order valence-electron chi connectivity index (χ3n) is 2.61. The summed E-state index contributed by atoms with van der Waals surface area (Å²) in [6, 6.07) is 5.69. The molecule has 6 heteroatoms. The molecule has 2 aromatic rings. The molecule has 0 aliphatic rings. The summed E-state index contributed by atoms with van der Waals surface area (Å²) >= 11 is 3.12. The number of hydrogen-bond acceptors (Lipinski definition) is 6. The Balaban J connectivity index is 1.98. The molecule has 0 aliphatic carbocycles. The molecule has 96 valence electrons. The Morgan fingerprint density at radius 3 is 2.78 bits per heavy atom. The molecule has 0 amide bonds. The monoisotopic (exact) mass is 281 g/mol. The Morgan fingerprint density at radius 2 is 2.22 bits per heavy atom. The molecule has 0 saturated carbocycles. The zero-order chi connectivity index (χ0) is 13.0.